The lowest BCUT2D eigenvalue weighted by molar-refractivity contribution is 0.241. The monoisotopic (exact) mass is 180 g/mol. The van der Waals surface area contributed by atoms with Gasteiger partial charge in [0.25, 0.3) is 0 Å². The summed E-state index contributed by atoms with van der Waals surface area (Å²) in [6.07, 6.45) is 4.37. The lowest BCUT2D eigenvalue weighted by Crippen LogP contribution is -2.31. The van der Waals surface area contributed by atoms with Crippen LogP contribution in [0.15, 0.2) is 12.2 Å². The van der Waals surface area contributed by atoms with E-state index in [4.69, 9.17) is 11.1 Å². The Balaban J connectivity index is 2.56. The zero-order valence-electron chi connectivity index (χ0n) is 8.69. The van der Waals surface area contributed by atoms with Gasteiger partial charge in [-0.3, -0.25) is 5.41 Å². The lowest BCUT2D eigenvalue weighted by atomic mass is 9.68. The fraction of sp³-hybridized carbons (Fsp3) is 0.727. The molecule has 0 bridgehead atoms. The highest BCUT2D eigenvalue weighted by atomic mass is 14.7. The molecule has 3 N–H and O–H groups in total. The molecule has 13 heavy (non-hydrogen) atoms. The minimum Gasteiger partial charge on any atom is -0.387 e. The van der Waals surface area contributed by atoms with E-state index in [-0.39, 0.29) is 0 Å². The number of nitrogens with two attached hydrogens (primary N) is 1. The number of hydrogen-bond donors (Lipinski definition) is 2. The summed E-state index contributed by atoms with van der Waals surface area (Å²) in [5.74, 6) is 0.691. The number of hydrogen-bond acceptors (Lipinski definition) is 1. The van der Waals surface area contributed by atoms with Gasteiger partial charge in [-0.1, -0.05) is 19.1 Å². The molecule has 0 unspecified atom stereocenters. The molecule has 74 valence electrons. The third-order valence-electron chi connectivity index (χ3n) is 3.56. The van der Waals surface area contributed by atoms with E-state index in [1.54, 1.807) is 0 Å². The summed E-state index contributed by atoms with van der Waals surface area (Å²) < 4.78 is 0. The van der Waals surface area contributed by atoms with Crippen LogP contribution in [0.5, 0.6) is 0 Å². The molecule has 1 saturated carbocycles. The smallest absolute Gasteiger partial charge is 0.0936 e. The van der Waals surface area contributed by atoms with Crippen molar-refractivity contribution in [1.29, 1.82) is 5.41 Å². The fourth-order valence-electron chi connectivity index (χ4n) is 1.99. The van der Waals surface area contributed by atoms with E-state index < -0.39 is 0 Å². The van der Waals surface area contributed by atoms with Crippen LogP contribution in [-0.2, 0) is 0 Å². The predicted octanol–water partition coefficient (Wildman–Crippen LogP) is 2.69. The summed E-state index contributed by atoms with van der Waals surface area (Å²) in [5, 5.41) is 7.38. The summed E-state index contributed by atoms with van der Waals surface area (Å²) in [7, 11) is 0. The van der Waals surface area contributed by atoms with E-state index >= 15 is 0 Å². The predicted molar refractivity (Wildman–Crippen MR) is 56.8 cm³/mol. The Morgan fingerprint density at radius 3 is 2.23 bits per heavy atom. The Bertz CT molecular complexity index is 222. The third-order valence-corrected chi connectivity index (χ3v) is 3.56. The molecule has 0 atom stereocenters. The summed E-state index contributed by atoms with van der Waals surface area (Å²) >= 11 is 0. The zero-order valence-corrected chi connectivity index (χ0v) is 8.69. The Morgan fingerprint density at radius 1 is 1.46 bits per heavy atom. The highest BCUT2D eigenvalue weighted by molar-refractivity contribution is 5.79. The van der Waals surface area contributed by atoms with Crippen molar-refractivity contribution >= 4 is 5.84 Å². The van der Waals surface area contributed by atoms with Gasteiger partial charge in [0.15, 0.2) is 0 Å². The third kappa shape index (κ3) is 2.11. The van der Waals surface area contributed by atoms with Gasteiger partial charge in [0.1, 0.15) is 0 Å². The first-order valence-electron chi connectivity index (χ1n) is 4.95. The van der Waals surface area contributed by atoms with Crippen LogP contribution in [0.25, 0.3) is 0 Å². The van der Waals surface area contributed by atoms with E-state index in [1.165, 1.54) is 5.57 Å². The van der Waals surface area contributed by atoms with E-state index in [0.29, 0.717) is 17.2 Å². The van der Waals surface area contributed by atoms with Crippen LogP contribution in [-0.4, -0.2) is 5.84 Å². The molecule has 0 radical (unpaired) electrons. The van der Waals surface area contributed by atoms with Gasteiger partial charge in [-0.15, -0.1) is 0 Å². The van der Waals surface area contributed by atoms with Gasteiger partial charge >= 0.3 is 0 Å². The molecular weight excluding hydrogens is 160 g/mol. The summed E-state index contributed by atoms with van der Waals surface area (Å²) in [4.78, 5) is 0. The molecule has 0 aromatic rings. The first-order chi connectivity index (χ1) is 5.96. The molecule has 0 saturated heterocycles. The molecule has 1 aliphatic rings. The molecule has 0 spiro atoms. The average Bonchev–Trinajstić information content (AvgIpc) is 2.04. The molecule has 2 heteroatoms. The van der Waals surface area contributed by atoms with Crippen LogP contribution in [0.4, 0.5) is 0 Å². The van der Waals surface area contributed by atoms with Gasteiger partial charge in [0.2, 0.25) is 0 Å². The SMILES string of the molecule is C=C(C)C1(C)CCC(C(=N)N)CC1. The van der Waals surface area contributed by atoms with Crippen LogP contribution in [0.2, 0.25) is 0 Å². The normalized spacial score (nSPS) is 34.2. The molecule has 1 fully saturated rings. The van der Waals surface area contributed by atoms with Gasteiger partial charge in [-0.05, 0) is 38.0 Å². The first-order valence-corrected chi connectivity index (χ1v) is 4.95. The van der Waals surface area contributed by atoms with Crippen molar-refractivity contribution in [2.75, 3.05) is 0 Å². The van der Waals surface area contributed by atoms with Crippen LogP contribution in [0, 0.1) is 16.7 Å². The zero-order chi connectivity index (χ0) is 10.1. The van der Waals surface area contributed by atoms with E-state index in [2.05, 4.69) is 20.4 Å². The van der Waals surface area contributed by atoms with Crippen molar-refractivity contribution in [3.63, 3.8) is 0 Å². The van der Waals surface area contributed by atoms with Crippen LogP contribution in [0.1, 0.15) is 39.5 Å². The minimum absolute atomic E-state index is 0.298. The highest BCUT2D eigenvalue weighted by Gasteiger charge is 2.32. The summed E-state index contributed by atoms with van der Waals surface area (Å²) in [5.41, 5.74) is 7.06. The molecule has 0 aromatic carbocycles. The molecule has 1 rings (SSSR count). The maximum atomic E-state index is 7.38. The second-order valence-corrected chi connectivity index (χ2v) is 4.57. The quantitative estimate of drug-likeness (QED) is 0.383. The molecule has 0 aromatic heterocycles. The van der Waals surface area contributed by atoms with E-state index in [0.717, 1.165) is 25.7 Å². The second-order valence-electron chi connectivity index (χ2n) is 4.57. The molecule has 0 aliphatic heterocycles. The van der Waals surface area contributed by atoms with Crippen LogP contribution in [0.3, 0.4) is 0 Å². The minimum atomic E-state index is 0.298. The van der Waals surface area contributed by atoms with Crippen molar-refractivity contribution in [3.05, 3.63) is 12.2 Å². The molecule has 2 nitrogen and oxygen atoms in total. The summed E-state index contributed by atoms with van der Waals surface area (Å²) in [6, 6.07) is 0. The topological polar surface area (TPSA) is 49.9 Å². The maximum Gasteiger partial charge on any atom is 0.0936 e. The number of rotatable bonds is 2. The second kappa shape index (κ2) is 3.52. The number of amidine groups is 1. The van der Waals surface area contributed by atoms with Gasteiger partial charge in [0.05, 0.1) is 5.84 Å². The molecule has 1 aliphatic carbocycles. The largest absolute Gasteiger partial charge is 0.387 e. The fourth-order valence-corrected chi connectivity index (χ4v) is 1.99. The van der Waals surface area contributed by atoms with Gasteiger partial charge in [0, 0.05) is 5.92 Å². The number of nitrogens with one attached hydrogen (secondary N) is 1. The average molecular weight is 180 g/mol. The number of allylic oxidation sites excluding steroid dienone is 1. The van der Waals surface area contributed by atoms with Crippen LogP contribution >= 0.6 is 0 Å². The van der Waals surface area contributed by atoms with Crippen molar-refractivity contribution in [3.8, 4) is 0 Å². The van der Waals surface area contributed by atoms with Gasteiger partial charge in [-0.2, -0.15) is 0 Å². The molecular formula is C11H20N2. The Morgan fingerprint density at radius 2 is 1.92 bits per heavy atom. The molecule has 0 heterocycles. The Kier molecular flexibility index (Phi) is 2.79. The van der Waals surface area contributed by atoms with E-state index in [1.807, 2.05) is 0 Å². The van der Waals surface area contributed by atoms with Gasteiger partial charge < -0.3 is 5.73 Å². The molecule has 0 amide bonds. The summed E-state index contributed by atoms with van der Waals surface area (Å²) in [6.45, 7) is 8.41. The Hall–Kier alpha value is -0.790. The van der Waals surface area contributed by atoms with Crippen molar-refractivity contribution in [1.82, 2.24) is 0 Å². The standard InChI is InChI=1S/C11H20N2/c1-8(2)11(3)6-4-9(5-7-11)10(12)13/h9H,1,4-7H2,2-3H3,(H3,12,13). The Labute approximate surface area is 80.7 Å². The van der Waals surface area contributed by atoms with Crippen molar-refractivity contribution < 1.29 is 0 Å². The lowest BCUT2D eigenvalue weighted by Gasteiger charge is -2.37. The van der Waals surface area contributed by atoms with Crippen LogP contribution < -0.4 is 5.73 Å². The van der Waals surface area contributed by atoms with Crippen molar-refractivity contribution in [2.45, 2.75) is 39.5 Å². The van der Waals surface area contributed by atoms with Gasteiger partial charge in [-0.25, -0.2) is 0 Å². The maximum absolute atomic E-state index is 7.38. The van der Waals surface area contributed by atoms with Crippen molar-refractivity contribution in [2.24, 2.45) is 17.1 Å². The first kappa shape index (κ1) is 10.3. The van der Waals surface area contributed by atoms with E-state index in [9.17, 15) is 0 Å². The highest BCUT2D eigenvalue weighted by Crippen LogP contribution is 2.42.